The lowest BCUT2D eigenvalue weighted by Crippen LogP contribution is -2.42. The van der Waals surface area contributed by atoms with Gasteiger partial charge in [-0.3, -0.25) is 4.90 Å². The van der Waals surface area contributed by atoms with Crippen molar-refractivity contribution >= 4 is 5.69 Å². The second kappa shape index (κ2) is 7.48. The van der Waals surface area contributed by atoms with Crippen LogP contribution in [0.5, 0.6) is 0 Å². The normalized spacial score (nSPS) is 14.9. The van der Waals surface area contributed by atoms with Gasteiger partial charge in [0, 0.05) is 24.8 Å². The van der Waals surface area contributed by atoms with E-state index in [-0.39, 0.29) is 0 Å². The highest BCUT2D eigenvalue weighted by Crippen LogP contribution is 2.17. The van der Waals surface area contributed by atoms with Crippen LogP contribution in [-0.4, -0.2) is 54.7 Å². The highest BCUT2D eigenvalue weighted by Gasteiger charge is 2.17. The smallest absolute Gasteiger partial charge is 0.0917 e. The SMILES string of the molecule is CCN(CC(O)c1ccc(N)cc1)C(C)CN(C)C. The zero-order valence-electron chi connectivity index (χ0n) is 12.5. The Bertz CT molecular complexity index is 364. The van der Waals surface area contributed by atoms with E-state index in [4.69, 9.17) is 5.73 Å². The molecular weight excluding hydrogens is 238 g/mol. The zero-order valence-corrected chi connectivity index (χ0v) is 12.5. The first-order chi connectivity index (χ1) is 8.93. The molecular formula is C15H27N3O. The molecule has 1 aromatic carbocycles. The van der Waals surface area contributed by atoms with E-state index in [2.05, 4.69) is 37.7 Å². The van der Waals surface area contributed by atoms with E-state index >= 15 is 0 Å². The number of benzene rings is 1. The third-order valence-electron chi connectivity index (χ3n) is 3.39. The second-order valence-corrected chi connectivity index (χ2v) is 5.38. The quantitative estimate of drug-likeness (QED) is 0.735. The van der Waals surface area contributed by atoms with Gasteiger partial charge in [-0.1, -0.05) is 19.1 Å². The molecule has 0 saturated carbocycles. The van der Waals surface area contributed by atoms with Crippen molar-refractivity contribution in [1.29, 1.82) is 0 Å². The van der Waals surface area contributed by atoms with Crippen LogP contribution in [0.3, 0.4) is 0 Å². The number of hydrogen-bond acceptors (Lipinski definition) is 4. The van der Waals surface area contributed by atoms with E-state index in [9.17, 15) is 5.11 Å². The van der Waals surface area contributed by atoms with Crippen molar-refractivity contribution in [1.82, 2.24) is 9.80 Å². The fourth-order valence-corrected chi connectivity index (χ4v) is 2.31. The number of aliphatic hydroxyl groups is 1. The lowest BCUT2D eigenvalue weighted by Gasteiger charge is -2.31. The molecule has 0 aliphatic carbocycles. The van der Waals surface area contributed by atoms with E-state index < -0.39 is 6.10 Å². The fraction of sp³-hybridized carbons (Fsp3) is 0.600. The van der Waals surface area contributed by atoms with Gasteiger partial charge in [-0.2, -0.15) is 0 Å². The summed E-state index contributed by atoms with van der Waals surface area (Å²) in [4.78, 5) is 4.46. The molecule has 0 bridgehead atoms. The fourth-order valence-electron chi connectivity index (χ4n) is 2.31. The summed E-state index contributed by atoms with van der Waals surface area (Å²) in [6.07, 6.45) is -0.467. The maximum absolute atomic E-state index is 10.3. The minimum absolute atomic E-state index is 0.420. The van der Waals surface area contributed by atoms with Crippen molar-refractivity contribution in [3.8, 4) is 0 Å². The van der Waals surface area contributed by atoms with Crippen molar-refractivity contribution in [3.05, 3.63) is 29.8 Å². The summed E-state index contributed by atoms with van der Waals surface area (Å²) in [5.41, 5.74) is 7.31. The molecule has 0 saturated heterocycles. The first-order valence-electron chi connectivity index (χ1n) is 6.86. The Morgan fingerprint density at radius 2 is 1.74 bits per heavy atom. The van der Waals surface area contributed by atoms with Crippen molar-refractivity contribution in [2.45, 2.75) is 26.0 Å². The molecule has 0 aliphatic heterocycles. The van der Waals surface area contributed by atoms with E-state index in [1.54, 1.807) is 0 Å². The Hall–Kier alpha value is -1.10. The van der Waals surface area contributed by atoms with Gasteiger partial charge in [0.2, 0.25) is 0 Å². The summed E-state index contributed by atoms with van der Waals surface area (Å²) in [6, 6.07) is 7.87. The molecule has 2 atom stereocenters. The van der Waals surface area contributed by atoms with Gasteiger partial charge in [-0.25, -0.2) is 0 Å². The van der Waals surface area contributed by atoms with Crippen LogP contribution < -0.4 is 5.73 Å². The van der Waals surface area contributed by atoms with E-state index in [0.717, 1.165) is 24.3 Å². The monoisotopic (exact) mass is 265 g/mol. The summed E-state index contributed by atoms with van der Waals surface area (Å²) in [7, 11) is 4.14. The van der Waals surface area contributed by atoms with Crippen LogP contribution in [0.1, 0.15) is 25.5 Å². The van der Waals surface area contributed by atoms with Gasteiger partial charge >= 0.3 is 0 Å². The number of aliphatic hydroxyl groups excluding tert-OH is 1. The predicted molar refractivity (Wildman–Crippen MR) is 81.1 cm³/mol. The topological polar surface area (TPSA) is 52.7 Å². The van der Waals surface area contributed by atoms with Crippen LogP contribution in [0.2, 0.25) is 0 Å². The Labute approximate surface area is 116 Å². The molecule has 1 rings (SSSR count). The van der Waals surface area contributed by atoms with Gasteiger partial charge in [0.05, 0.1) is 6.10 Å². The van der Waals surface area contributed by atoms with E-state index in [1.807, 2.05) is 24.3 Å². The lowest BCUT2D eigenvalue weighted by molar-refractivity contribution is 0.0859. The lowest BCUT2D eigenvalue weighted by atomic mass is 10.1. The van der Waals surface area contributed by atoms with Gasteiger partial charge in [-0.15, -0.1) is 0 Å². The average Bonchev–Trinajstić information content (AvgIpc) is 2.35. The van der Waals surface area contributed by atoms with Crippen molar-refractivity contribution < 1.29 is 5.11 Å². The molecule has 0 fully saturated rings. The molecule has 0 aromatic heterocycles. The van der Waals surface area contributed by atoms with Crippen LogP contribution in [0.4, 0.5) is 5.69 Å². The molecule has 0 amide bonds. The molecule has 19 heavy (non-hydrogen) atoms. The minimum atomic E-state index is -0.467. The highest BCUT2D eigenvalue weighted by molar-refractivity contribution is 5.39. The number of nitrogens with zero attached hydrogens (tertiary/aromatic N) is 2. The molecule has 1 aromatic rings. The third kappa shape index (κ3) is 5.19. The average molecular weight is 265 g/mol. The maximum atomic E-state index is 10.3. The van der Waals surface area contributed by atoms with E-state index in [0.29, 0.717) is 12.6 Å². The molecule has 3 N–H and O–H groups in total. The zero-order chi connectivity index (χ0) is 14.4. The summed E-state index contributed by atoms with van der Waals surface area (Å²) >= 11 is 0. The first kappa shape index (κ1) is 16.0. The molecule has 2 unspecified atom stereocenters. The van der Waals surface area contributed by atoms with Crippen molar-refractivity contribution in [2.24, 2.45) is 0 Å². The summed E-state index contributed by atoms with van der Waals surface area (Å²) in [5, 5.41) is 10.3. The Morgan fingerprint density at radius 3 is 2.21 bits per heavy atom. The van der Waals surface area contributed by atoms with Crippen molar-refractivity contribution in [3.63, 3.8) is 0 Å². The molecule has 0 heterocycles. The van der Waals surface area contributed by atoms with Gasteiger partial charge in [0.1, 0.15) is 0 Å². The molecule has 4 heteroatoms. The third-order valence-corrected chi connectivity index (χ3v) is 3.39. The first-order valence-corrected chi connectivity index (χ1v) is 6.86. The summed E-state index contributed by atoms with van der Waals surface area (Å²) in [6.45, 7) is 6.89. The number of likely N-dealkylation sites (N-methyl/N-ethyl adjacent to an activating group) is 2. The number of hydrogen-bond donors (Lipinski definition) is 2. The predicted octanol–water partition coefficient (Wildman–Crippen LogP) is 1.57. The van der Waals surface area contributed by atoms with Crippen LogP contribution in [0, 0.1) is 0 Å². The Morgan fingerprint density at radius 1 is 1.16 bits per heavy atom. The number of nitrogens with two attached hydrogens (primary N) is 1. The van der Waals surface area contributed by atoms with Crippen LogP contribution in [0.15, 0.2) is 24.3 Å². The van der Waals surface area contributed by atoms with Gasteiger partial charge in [-0.05, 0) is 45.3 Å². The summed E-state index contributed by atoms with van der Waals surface area (Å²) in [5.74, 6) is 0. The van der Waals surface area contributed by atoms with Crippen LogP contribution in [0.25, 0.3) is 0 Å². The molecule has 108 valence electrons. The maximum Gasteiger partial charge on any atom is 0.0917 e. The largest absolute Gasteiger partial charge is 0.399 e. The number of anilines is 1. The Balaban J connectivity index is 2.62. The van der Waals surface area contributed by atoms with Crippen LogP contribution in [-0.2, 0) is 0 Å². The van der Waals surface area contributed by atoms with E-state index in [1.165, 1.54) is 0 Å². The Kier molecular flexibility index (Phi) is 6.28. The highest BCUT2D eigenvalue weighted by atomic mass is 16.3. The van der Waals surface area contributed by atoms with Gasteiger partial charge < -0.3 is 15.7 Å². The standard InChI is InChI=1S/C15H27N3O/c1-5-18(12(2)10-17(3)4)11-15(19)13-6-8-14(16)9-7-13/h6-9,12,15,19H,5,10-11,16H2,1-4H3. The van der Waals surface area contributed by atoms with Crippen molar-refractivity contribution in [2.75, 3.05) is 39.5 Å². The van der Waals surface area contributed by atoms with Gasteiger partial charge in [0.15, 0.2) is 0 Å². The molecule has 0 aliphatic rings. The van der Waals surface area contributed by atoms with Gasteiger partial charge in [0.25, 0.3) is 0 Å². The second-order valence-electron chi connectivity index (χ2n) is 5.38. The molecule has 4 nitrogen and oxygen atoms in total. The molecule has 0 spiro atoms. The minimum Gasteiger partial charge on any atom is -0.399 e. The van der Waals surface area contributed by atoms with Crippen LogP contribution >= 0.6 is 0 Å². The summed E-state index contributed by atoms with van der Waals surface area (Å²) < 4.78 is 0. The number of nitrogen functional groups attached to an aromatic ring is 1. The number of rotatable bonds is 7. The molecule has 0 radical (unpaired) electrons.